The predicted octanol–water partition coefficient (Wildman–Crippen LogP) is 4.51. The molecule has 0 saturated carbocycles. The number of benzene rings is 2. The third kappa shape index (κ3) is 4.23. The topological polar surface area (TPSA) is 56.8 Å². The number of methoxy groups -OCH3 is 2. The van der Waals surface area contributed by atoms with Gasteiger partial charge < -0.3 is 15.2 Å². The summed E-state index contributed by atoms with van der Waals surface area (Å²) in [6.07, 6.45) is 0. The van der Waals surface area contributed by atoms with Crippen molar-refractivity contribution >= 4 is 22.6 Å². The molecular weight excluding hydrogens is 320 g/mol. The van der Waals surface area contributed by atoms with Crippen molar-refractivity contribution < 1.29 is 9.47 Å². The van der Waals surface area contributed by atoms with Gasteiger partial charge in [-0.05, 0) is 55.2 Å². The number of amidine groups is 1. The first kappa shape index (κ1) is 18.2. The van der Waals surface area contributed by atoms with E-state index in [0.717, 1.165) is 45.2 Å². The molecule has 0 aliphatic rings. The van der Waals surface area contributed by atoms with Gasteiger partial charge in [-0.15, -0.1) is 0 Å². The number of para-hydroxylation sites is 1. The maximum absolute atomic E-state index is 6.13. The Morgan fingerprint density at radius 2 is 1.58 bits per heavy atom. The second-order valence-corrected chi connectivity index (χ2v) is 6.61. The number of ether oxygens (including phenoxy) is 2. The highest BCUT2D eigenvalue weighted by molar-refractivity contribution is 8.13. The van der Waals surface area contributed by atoms with E-state index < -0.39 is 0 Å². The summed E-state index contributed by atoms with van der Waals surface area (Å²) in [6, 6.07) is 10.1. The van der Waals surface area contributed by atoms with Crippen LogP contribution in [0.25, 0.3) is 0 Å². The zero-order valence-electron chi connectivity index (χ0n) is 14.8. The number of aryl methyl sites for hydroxylation is 3. The molecule has 2 aromatic rings. The summed E-state index contributed by atoms with van der Waals surface area (Å²) in [7, 11) is 3.28. The van der Waals surface area contributed by atoms with Crippen LogP contribution < -0.4 is 15.2 Å². The molecule has 128 valence electrons. The highest BCUT2D eigenvalue weighted by atomic mass is 32.2. The molecule has 2 rings (SSSR count). The van der Waals surface area contributed by atoms with Gasteiger partial charge in [0.05, 0.1) is 19.9 Å². The number of thioether (sulfide) groups is 1. The molecular formula is C19H24N2O2S. The Morgan fingerprint density at radius 1 is 1.00 bits per heavy atom. The number of rotatable bonds is 5. The molecule has 0 aliphatic heterocycles. The van der Waals surface area contributed by atoms with Crippen LogP contribution in [-0.2, 0) is 5.75 Å². The first-order chi connectivity index (χ1) is 11.5. The van der Waals surface area contributed by atoms with Crippen molar-refractivity contribution in [1.29, 1.82) is 0 Å². The minimum atomic E-state index is 0.557. The lowest BCUT2D eigenvalue weighted by Gasteiger charge is -2.12. The number of hydrogen-bond donors (Lipinski definition) is 1. The first-order valence-corrected chi connectivity index (χ1v) is 8.69. The average molecular weight is 344 g/mol. The smallest absolute Gasteiger partial charge is 0.161 e. The van der Waals surface area contributed by atoms with Crippen LogP contribution >= 0.6 is 11.8 Å². The summed E-state index contributed by atoms with van der Waals surface area (Å²) < 4.78 is 10.7. The summed E-state index contributed by atoms with van der Waals surface area (Å²) in [5, 5.41) is 0.557. The molecule has 0 heterocycles. The fraction of sp³-hybridized carbons (Fsp3) is 0.316. The van der Waals surface area contributed by atoms with E-state index in [4.69, 9.17) is 15.2 Å². The molecule has 0 aromatic heterocycles. The van der Waals surface area contributed by atoms with Crippen molar-refractivity contribution in [3.63, 3.8) is 0 Å². The molecule has 0 amide bonds. The summed E-state index contributed by atoms with van der Waals surface area (Å²) in [4.78, 5) is 4.58. The lowest BCUT2D eigenvalue weighted by molar-refractivity contribution is 0.354. The summed E-state index contributed by atoms with van der Waals surface area (Å²) in [5.74, 6) is 2.19. The van der Waals surface area contributed by atoms with Gasteiger partial charge in [-0.3, -0.25) is 0 Å². The molecule has 4 nitrogen and oxygen atoms in total. The summed E-state index contributed by atoms with van der Waals surface area (Å²) >= 11 is 1.52. The van der Waals surface area contributed by atoms with E-state index in [1.54, 1.807) is 14.2 Å². The van der Waals surface area contributed by atoms with E-state index in [0.29, 0.717) is 5.17 Å². The van der Waals surface area contributed by atoms with Crippen LogP contribution in [0, 0.1) is 20.8 Å². The van der Waals surface area contributed by atoms with E-state index in [1.807, 2.05) is 44.2 Å². The first-order valence-electron chi connectivity index (χ1n) is 7.71. The highest BCUT2D eigenvalue weighted by Crippen LogP contribution is 2.32. The molecule has 0 saturated heterocycles. The molecule has 0 aliphatic carbocycles. The molecule has 0 bridgehead atoms. The Labute approximate surface area is 148 Å². The van der Waals surface area contributed by atoms with E-state index in [9.17, 15) is 0 Å². The van der Waals surface area contributed by atoms with E-state index in [1.165, 1.54) is 11.8 Å². The van der Waals surface area contributed by atoms with Crippen LogP contribution in [0.5, 0.6) is 11.5 Å². The van der Waals surface area contributed by atoms with Crippen molar-refractivity contribution in [2.24, 2.45) is 10.7 Å². The monoisotopic (exact) mass is 344 g/mol. The Bertz CT molecular complexity index is 737. The highest BCUT2D eigenvalue weighted by Gasteiger charge is 2.10. The fourth-order valence-electron chi connectivity index (χ4n) is 2.45. The van der Waals surface area contributed by atoms with Gasteiger partial charge in [0.25, 0.3) is 0 Å². The maximum Gasteiger partial charge on any atom is 0.161 e. The third-order valence-corrected chi connectivity index (χ3v) is 4.72. The Morgan fingerprint density at radius 3 is 2.17 bits per heavy atom. The van der Waals surface area contributed by atoms with Crippen molar-refractivity contribution in [3.8, 4) is 11.5 Å². The predicted molar refractivity (Wildman–Crippen MR) is 103 cm³/mol. The largest absolute Gasteiger partial charge is 0.493 e. The van der Waals surface area contributed by atoms with Gasteiger partial charge in [-0.2, -0.15) is 0 Å². The Hall–Kier alpha value is -2.14. The summed E-state index contributed by atoms with van der Waals surface area (Å²) in [6.45, 7) is 6.14. The normalized spacial score (nSPS) is 11.5. The van der Waals surface area contributed by atoms with E-state index in [2.05, 4.69) is 11.9 Å². The van der Waals surface area contributed by atoms with Gasteiger partial charge in [-0.1, -0.05) is 30.0 Å². The number of aliphatic imine (C=N–C) groups is 1. The van der Waals surface area contributed by atoms with Crippen LogP contribution in [0.15, 0.2) is 35.3 Å². The standard InChI is InChI=1S/C19H24N2O2S/c1-12-7-6-8-13(2)18(12)21-19(20)24-11-15-10-17(23-5)16(22-4)9-14(15)3/h6-10H,11H2,1-5H3,(H2,20,21). The van der Waals surface area contributed by atoms with Gasteiger partial charge in [0.15, 0.2) is 16.7 Å². The molecule has 24 heavy (non-hydrogen) atoms. The second kappa shape index (κ2) is 8.11. The van der Waals surface area contributed by atoms with Crippen molar-refractivity contribution in [2.75, 3.05) is 14.2 Å². The Kier molecular flexibility index (Phi) is 6.15. The maximum atomic E-state index is 6.13. The third-order valence-electron chi connectivity index (χ3n) is 3.88. The number of nitrogens with two attached hydrogens (primary N) is 1. The molecule has 0 radical (unpaired) electrons. The number of nitrogens with zero attached hydrogens (tertiary/aromatic N) is 1. The van der Waals surface area contributed by atoms with E-state index in [-0.39, 0.29) is 0 Å². The van der Waals surface area contributed by atoms with Crippen LogP contribution in [-0.4, -0.2) is 19.4 Å². The SMILES string of the molecule is COc1cc(C)c(CSC(N)=Nc2c(C)cccc2C)cc1OC. The quantitative estimate of drug-likeness (QED) is 0.640. The molecule has 0 fully saturated rings. The van der Waals surface area contributed by atoms with E-state index >= 15 is 0 Å². The van der Waals surface area contributed by atoms with Crippen molar-refractivity contribution in [3.05, 3.63) is 52.6 Å². The zero-order valence-corrected chi connectivity index (χ0v) is 15.7. The van der Waals surface area contributed by atoms with Gasteiger partial charge in [0, 0.05) is 5.75 Å². The van der Waals surface area contributed by atoms with Crippen LogP contribution in [0.2, 0.25) is 0 Å². The zero-order chi connectivity index (χ0) is 17.7. The Balaban J connectivity index is 2.17. The van der Waals surface area contributed by atoms with Crippen LogP contribution in [0.1, 0.15) is 22.3 Å². The second-order valence-electron chi connectivity index (χ2n) is 5.61. The van der Waals surface area contributed by atoms with Crippen LogP contribution in [0.4, 0.5) is 5.69 Å². The molecule has 5 heteroatoms. The molecule has 0 spiro atoms. The van der Waals surface area contributed by atoms with Crippen LogP contribution in [0.3, 0.4) is 0 Å². The average Bonchev–Trinajstić information content (AvgIpc) is 2.56. The summed E-state index contributed by atoms with van der Waals surface area (Å²) in [5.41, 5.74) is 11.6. The van der Waals surface area contributed by atoms with Gasteiger partial charge in [-0.25, -0.2) is 4.99 Å². The minimum Gasteiger partial charge on any atom is -0.493 e. The molecule has 2 aromatic carbocycles. The van der Waals surface area contributed by atoms with Crippen molar-refractivity contribution in [1.82, 2.24) is 0 Å². The molecule has 0 atom stereocenters. The van der Waals surface area contributed by atoms with Gasteiger partial charge in [0.2, 0.25) is 0 Å². The number of hydrogen-bond acceptors (Lipinski definition) is 4. The van der Waals surface area contributed by atoms with Gasteiger partial charge >= 0.3 is 0 Å². The molecule has 0 unspecified atom stereocenters. The minimum absolute atomic E-state index is 0.557. The lowest BCUT2D eigenvalue weighted by Crippen LogP contribution is -2.07. The molecule has 2 N–H and O–H groups in total. The van der Waals surface area contributed by atoms with Gasteiger partial charge in [0.1, 0.15) is 0 Å². The van der Waals surface area contributed by atoms with Crippen molar-refractivity contribution in [2.45, 2.75) is 26.5 Å². The lowest BCUT2D eigenvalue weighted by atomic mass is 10.1. The fourth-order valence-corrected chi connectivity index (χ4v) is 3.22.